The standard InChI is InChI=1S/C15H12N2O.C4H9N.2Li/c1-2-9-17-11-12(10-16)14-5-3-4-6-15(14)18-13-7-8-13;1-3-5-4-2;;/h1-6,10,13H,7-8H2;5H,1-4H2;;/q-4;-2;2*+1. The SMILES string of the molecule is [CH-]=C[C-]=N[C-]=C(C=[N-])c1ccccc1OC1CC1.[CH2-]CNC[CH2-].[Li+].[Li+]. The summed E-state index contributed by atoms with van der Waals surface area (Å²) in [5.74, 6) is 0.722. The van der Waals surface area contributed by atoms with Gasteiger partial charge in [0.25, 0.3) is 0 Å². The summed E-state index contributed by atoms with van der Waals surface area (Å²) in [5.41, 5.74) is 1.18. The van der Waals surface area contributed by atoms with E-state index >= 15 is 0 Å². The van der Waals surface area contributed by atoms with Crippen LogP contribution in [0.15, 0.2) is 35.3 Å². The first kappa shape index (κ1) is 26.2. The number of aliphatic imine (C=N–C) groups is 1. The molecule has 1 fully saturated rings. The van der Waals surface area contributed by atoms with E-state index in [1.54, 1.807) is 0 Å². The third-order valence-electron chi connectivity index (χ3n) is 2.79. The van der Waals surface area contributed by atoms with E-state index in [2.05, 4.69) is 36.6 Å². The molecular weight excluding hydrogens is 300 g/mol. The Kier molecular flexibility index (Phi) is 17.3. The van der Waals surface area contributed by atoms with Gasteiger partial charge >= 0.3 is 37.7 Å². The first-order valence-electron chi connectivity index (χ1n) is 7.41. The van der Waals surface area contributed by atoms with E-state index in [1.807, 2.05) is 24.3 Å². The zero-order chi connectivity index (χ0) is 16.9. The quantitative estimate of drug-likeness (QED) is 0.320. The zero-order valence-corrected chi connectivity index (χ0v) is 15.2. The average Bonchev–Trinajstić information content (AvgIpc) is 3.38. The number of nitrogens with one attached hydrogen (secondary N) is 1. The normalized spacial score (nSPS) is 13.0. The van der Waals surface area contributed by atoms with Gasteiger partial charge in [0.2, 0.25) is 0 Å². The third-order valence-corrected chi connectivity index (χ3v) is 2.79. The molecule has 0 saturated heterocycles. The summed E-state index contributed by atoms with van der Waals surface area (Å²) in [5, 5.41) is 12.1. The van der Waals surface area contributed by atoms with Crippen LogP contribution in [0.25, 0.3) is 11.0 Å². The predicted octanol–water partition coefficient (Wildman–Crippen LogP) is -2.80. The molecule has 1 aromatic carbocycles. The molecule has 2 rings (SSSR count). The minimum Gasteiger partial charge on any atom is -0.911 e. The molecule has 25 heavy (non-hydrogen) atoms. The van der Waals surface area contributed by atoms with Crippen molar-refractivity contribution >= 4 is 18.0 Å². The first-order valence-corrected chi connectivity index (χ1v) is 7.41. The molecule has 6 heteroatoms. The van der Waals surface area contributed by atoms with Crippen LogP contribution in [0.5, 0.6) is 5.75 Å². The third kappa shape index (κ3) is 11.3. The molecule has 1 saturated carbocycles. The number of allylic oxidation sites excluding steroid dienone is 2. The van der Waals surface area contributed by atoms with Crippen molar-refractivity contribution in [3.05, 3.63) is 67.9 Å². The van der Waals surface area contributed by atoms with Crippen LogP contribution in [0.2, 0.25) is 0 Å². The molecule has 0 spiro atoms. The van der Waals surface area contributed by atoms with Crippen LogP contribution in [0.4, 0.5) is 0 Å². The van der Waals surface area contributed by atoms with Crippen LogP contribution in [0.1, 0.15) is 18.4 Å². The largest absolute Gasteiger partial charge is 1.00 e. The average molecular weight is 321 g/mol. The summed E-state index contributed by atoms with van der Waals surface area (Å²) in [6.45, 7) is 13.7. The van der Waals surface area contributed by atoms with E-state index in [0.29, 0.717) is 11.7 Å². The summed E-state index contributed by atoms with van der Waals surface area (Å²) < 4.78 is 5.76. The summed E-state index contributed by atoms with van der Waals surface area (Å²) in [7, 11) is 0. The topological polar surface area (TPSA) is 55.9 Å². The Balaban J connectivity index is 0. The van der Waals surface area contributed by atoms with Crippen molar-refractivity contribution in [2.24, 2.45) is 4.99 Å². The molecule has 0 aromatic heterocycles. The Morgan fingerprint density at radius 1 is 1.32 bits per heavy atom. The van der Waals surface area contributed by atoms with E-state index in [-0.39, 0.29) is 37.7 Å². The number of nitrogens with zero attached hydrogens (tertiary/aromatic N) is 2. The molecule has 1 aliphatic carbocycles. The molecule has 0 amide bonds. The number of hydrogen-bond donors (Lipinski definition) is 1. The Morgan fingerprint density at radius 3 is 2.44 bits per heavy atom. The van der Waals surface area contributed by atoms with Crippen LogP contribution in [0, 0.1) is 26.6 Å². The van der Waals surface area contributed by atoms with E-state index in [9.17, 15) is 5.41 Å². The van der Waals surface area contributed by atoms with Gasteiger partial charge < -0.3 is 53.2 Å². The van der Waals surface area contributed by atoms with Gasteiger partial charge in [-0.25, -0.2) is 0 Å². The number of para-hydroxylation sites is 1. The maximum absolute atomic E-state index is 9.24. The van der Waals surface area contributed by atoms with Crippen LogP contribution in [0.3, 0.4) is 0 Å². The Morgan fingerprint density at radius 2 is 1.96 bits per heavy atom. The Labute approximate surface area is 176 Å². The van der Waals surface area contributed by atoms with Crippen molar-refractivity contribution in [2.45, 2.75) is 18.9 Å². The fourth-order valence-corrected chi connectivity index (χ4v) is 1.57. The molecule has 124 valence electrons. The summed E-state index contributed by atoms with van der Waals surface area (Å²) in [6.07, 6.45) is 9.65. The van der Waals surface area contributed by atoms with Gasteiger partial charge in [-0.3, -0.25) is 5.57 Å². The number of benzene rings is 1. The molecule has 0 radical (unpaired) electrons. The fourth-order valence-electron chi connectivity index (χ4n) is 1.57. The minimum atomic E-state index is 0. The van der Waals surface area contributed by atoms with Crippen LogP contribution in [-0.4, -0.2) is 31.6 Å². The summed E-state index contributed by atoms with van der Waals surface area (Å²) in [6, 6.07) is 7.46. The molecule has 0 bridgehead atoms. The van der Waals surface area contributed by atoms with Gasteiger partial charge in [-0.2, -0.15) is 12.4 Å². The second kappa shape index (κ2) is 16.5. The van der Waals surface area contributed by atoms with Gasteiger partial charge in [-0.1, -0.05) is 12.1 Å². The number of ether oxygens (including phenoxy) is 1. The van der Waals surface area contributed by atoms with Gasteiger partial charge in [0, 0.05) is 5.75 Å². The fraction of sp³-hybridized carbons (Fsp3) is 0.263. The molecule has 0 heterocycles. The predicted molar refractivity (Wildman–Crippen MR) is 96.1 cm³/mol. The maximum atomic E-state index is 9.24. The van der Waals surface area contributed by atoms with Gasteiger partial charge in [-0.05, 0) is 18.9 Å². The van der Waals surface area contributed by atoms with Crippen molar-refractivity contribution in [1.82, 2.24) is 5.32 Å². The molecule has 1 N–H and O–H groups in total. The van der Waals surface area contributed by atoms with E-state index in [1.165, 1.54) is 6.08 Å². The second-order valence-electron chi connectivity index (χ2n) is 4.63. The van der Waals surface area contributed by atoms with Gasteiger partial charge in [0.1, 0.15) is 0 Å². The zero-order valence-electron chi connectivity index (χ0n) is 15.2. The van der Waals surface area contributed by atoms with Gasteiger partial charge in [0.15, 0.2) is 0 Å². The van der Waals surface area contributed by atoms with Gasteiger partial charge in [0.05, 0.1) is 6.10 Å². The van der Waals surface area contributed by atoms with Gasteiger partial charge in [-0.15, -0.1) is 24.7 Å². The molecule has 0 aliphatic heterocycles. The monoisotopic (exact) mass is 321 g/mol. The molecule has 0 unspecified atom stereocenters. The van der Waals surface area contributed by atoms with E-state index in [4.69, 9.17) is 11.3 Å². The second-order valence-corrected chi connectivity index (χ2v) is 4.63. The summed E-state index contributed by atoms with van der Waals surface area (Å²) in [4.78, 5) is 3.71. The number of hydrogen-bond acceptors (Lipinski definition) is 3. The number of rotatable bonds is 8. The Bertz CT molecular complexity index is 553. The van der Waals surface area contributed by atoms with Crippen LogP contribution < -0.4 is 47.8 Å². The van der Waals surface area contributed by atoms with Crippen molar-refractivity contribution in [2.75, 3.05) is 13.1 Å². The maximum Gasteiger partial charge on any atom is 1.00 e. The van der Waals surface area contributed by atoms with Crippen LogP contribution in [-0.2, 0) is 0 Å². The Hall–Kier alpha value is -1.01. The molecule has 4 nitrogen and oxygen atoms in total. The van der Waals surface area contributed by atoms with E-state index < -0.39 is 0 Å². The minimum absolute atomic E-state index is 0. The van der Waals surface area contributed by atoms with E-state index in [0.717, 1.165) is 43.5 Å². The smallest absolute Gasteiger partial charge is 0.911 e. The van der Waals surface area contributed by atoms with Crippen molar-refractivity contribution in [3.8, 4) is 5.75 Å². The molecule has 0 atom stereocenters. The van der Waals surface area contributed by atoms with Crippen molar-refractivity contribution < 1.29 is 42.5 Å². The molecule has 1 aromatic rings. The van der Waals surface area contributed by atoms with Crippen LogP contribution >= 0.6 is 0 Å². The molecular formula is C19H21Li2N3O-4. The molecule has 1 aliphatic rings. The first-order chi connectivity index (χ1) is 11.3. The summed E-state index contributed by atoms with van der Waals surface area (Å²) >= 11 is 0. The van der Waals surface area contributed by atoms with Crippen molar-refractivity contribution in [1.29, 1.82) is 0 Å². The van der Waals surface area contributed by atoms with Crippen molar-refractivity contribution in [3.63, 3.8) is 0 Å².